The number of pyridine rings is 1. The third-order valence-corrected chi connectivity index (χ3v) is 6.72. The number of hydrogen-bond donors (Lipinski definition) is 1. The highest BCUT2D eigenvalue weighted by molar-refractivity contribution is 7.97. The Bertz CT molecular complexity index is 1320. The topological polar surface area (TPSA) is 38.1 Å². The zero-order chi connectivity index (χ0) is 25.0. The molecule has 0 saturated carbocycles. The Labute approximate surface area is 218 Å². The second-order valence-corrected chi connectivity index (χ2v) is 9.49. The molecule has 0 radical (unpaired) electrons. The van der Waals surface area contributed by atoms with Gasteiger partial charge in [0.05, 0.1) is 12.1 Å². The monoisotopic (exact) mass is 492 g/mol. The summed E-state index contributed by atoms with van der Waals surface area (Å²) in [6.07, 6.45) is 2.78. The van der Waals surface area contributed by atoms with E-state index in [-0.39, 0.29) is 0 Å². The van der Waals surface area contributed by atoms with Gasteiger partial charge in [0, 0.05) is 16.9 Å². The second kappa shape index (κ2) is 13.4. The summed E-state index contributed by atoms with van der Waals surface area (Å²) in [6.45, 7) is 6.38. The lowest BCUT2D eigenvalue weighted by molar-refractivity contribution is 0.490. The molecule has 2 heterocycles. The van der Waals surface area contributed by atoms with E-state index in [1.54, 1.807) is 0 Å². The Morgan fingerprint density at radius 1 is 0.806 bits per heavy atom. The zero-order valence-corrected chi connectivity index (χ0v) is 21.5. The number of thioether (sulfide) groups is 1. The lowest BCUT2D eigenvalue weighted by atomic mass is 10.1. The molecule has 2 aromatic heterocycles. The first-order chi connectivity index (χ1) is 17.7. The van der Waals surface area contributed by atoms with Crippen molar-refractivity contribution in [3.05, 3.63) is 144 Å². The van der Waals surface area contributed by atoms with Crippen LogP contribution >= 0.6 is 11.8 Å². The van der Waals surface area contributed by atoms with Gasteiger partial charge in [0.1, 0.15) is 17.3 Å². The van der Waals surface area contributed by atoms with Gasteiger partial charge in [0.25, 0.3) is 0 Å². The molecule has 4 heteroatoms. The van der Waals surface area contributed by atoms with Gasteiger partial charge in [-0.25, -0.2) is 4.98 Å². The molecule has 0 saturated heterocycles. The van der Waals surface area contributed by atoms with Gasteiger partial charge in [-0.2, -0.15) is 11.8 Å². The van der Waals surface area contributed by atoms with E-state index in [0.717, 1.165) is 40.8 Å². The molecular weight excluding hydrogens is 460 g/mol. The van der Waals surface area contributed by atoms with E-state index in [4.69, 9.17) is 4.42 Å². The van der Waals surface area contributed by atoms with Crippen LogP contribution in [0.3, 0.4) is 0 Å². The van der Waals surface area contributed by atoms with E-state index in [2.05, 4.69) is 89.7 Å². The lowest BCUT2D eigenvalue weighted by Crippen LogP contribution is -2.00. The molecule has 0 atom stereocenters. The molecule has 3 aromatic carbocycles. The number of furan rings is 1. The third-order valence-electron chi connectivity index (χ3n) is 5.65. The molecule has 0 spiro atoms. The van der Waals surface area contributed by atoms with Crippen LogP contribution in [0.2, 0.25) is 0 Å². The quantitative estimate of drug-likeness (QED) is 0.209. The van der Waals surface area contributed by atoms with E-state index in [1.165, 1.54) is 22.1 Å². The van der Waals surface area contributed by atoms with Gasteiger partial charge >= 0.3 is 0 Å². The van der Waals surface area contributed by atoms with Crippen molar-refractivity contribution in [2.45, 2.75) is 31.4 Å². The largest absolute Gasteiger partial charge is 0.465 e. The molecule has 36 heavy (non-hydrogen) atoms. The standard InChI is InChI=1S/C18H18N2O.C14H14S/c1-3-5-14-6-4-7-17-16(14)10-11-18(20-17)19-12-15-9-8-13(2)21-15;1-3-7-13(8-4-1)11-15-12-14-9-5-2-6-10-14/h3-4,6-11H,1,5,12H2,2H3,(H,19,20);1-10H,11-12H2. The summed E-state index contributed by atoms with van der Waals surface area (Å²) < 4.78 is 5.54. The van der Waals surface area contributed by atoms with Crippen LogP contribution in [-0.4, -0.2) is 4.98 Å². The third kappa shape index (κ3) is 7.62. The van der Waals surface area contributed by atoms with E-state index >= 15 is 0 Å². The number of benzene rings is 3. The fourth-order valence-corrected chi connectivity index (χ4v) is 4.80. The summed E-state index contributed by atoms with van der Waals surface area (Å²) in [5.74, 6) is 4.88. The van der Waals surface area contributed by atoms with Gasteiger partial charge in [-0.1, -0.05) is 78.9 Å². The normalized spacial score (nSPS) is 10.5. The van der Waals surface area contributed by atoms with Gasteiger partial charge in [-0.15, -0.1) is 6.58 Å². The van der Waals surface area contributed by atoms with Gasteiger partial charge in [-0.05, 0) is 60.4 Å². The second-order valence-electron chi connectivity index (χ2n) is 8.50. The maximum atomic E-state index is 5.54. The Hall–Kier alpha value is -3.76. The molecule has 0 aliphatic rings. The smallest absolute Gasteiger partial charge is 0.127 e. The Kier molecular flexibility index (Phi) is 9.40. The van der Waals surface area contributed by atoms with E-state index in [9.17, 15) is 0 Å². The summed E-state index contributed by atoms with van der Waals surface area (Å²) in [7, 11) is 0. The molecule has 0 unspecified atom stereocenters. The van der Waals surface area contributed by atoms with Gasteiger partial charge in [0.15, 0.2) is 0 Å². The van der Waals surface area contributed by atoms with Crippen LogP contribution in [0.15, 0.2) is 120 Å². The number of aromatic nitrogens is 1. The summed E-state index contributed by atoms with van der Waals surface area (Å²) >= 11 is 1.96. The maximum absolute atomic E-state index is 5.54. The Morgan fingerprint density at radius 2 is 1.50 bits per heavy atom. The molecule has 0 bridgehead atoms. The number of aryl methyl sites for hydroxylation is 1. The average molecular weight is 493 g/mol. The van der Waals surface area contributed by atoms with Crippen LogP contribution in [0, 0.1) is 6.92 Å². The maximum Gasteiger partial charge on any atom is 0.127 e. The van der Waals surface area contributed by atoms with Crippen LogP contribution in [0.4, 0.5) is 5.82 Å². The van der Waals surface area contributed by atoms with Crippen molar-refractivity contribution < 1.29 is 4.42 Å². The Morgan fingerprint density at radius 3 is 2.11 bits per heavy atom. The minimum Gasteiger partial charge on any atom is -0.465 e. The molecule has 0 aliphatic heterocycles. The summed E-state index contributed by atoms with van der Waals surface area (Å²) in [5.41, 5.74) is 5.05. The number of allylic oxidation sites excluding steroid dienone is 1. The van der Waals surface area contributed by atoms with Crippen molar-refractivity contribution >= 4 is 28.5 Å². The first-order valence-electron chi connectivity index (χ1n) is 12.2. The predicted molar refractivity (Wildman–Crippen MR) is 154 cm³/mol. The van der Waals surface area contributed by atoms with Gasteiger partial charge in [-0.3, -0.25) is 0 Å². The zero-order valence-electron chi connectivity index (χ0n) is 20.7. The molecule has 182 valence electrons. The predicted octanol–water partition coefficient (Wildman–Crippen LogP) is 8.60. The molecule has 0 aliphatic carbocycles. The first kappa shape index (κ1) is 25.3. The minimum absolute atomic E-state index is 0.638. The molecule has 3 nitrogen and oxygen atoms in total. The van der Waals surface area contributed by atoms with E-state index < -0.39 is 0 Å². The van der Waals surface area contributed by atoms with Crippen LogP contribution < -0.4 is 5.32 Å². The molecule has 0 fully saturated rings. The van der Waals surface area contributed by atoms with Gasteiger partial charge in [0.2, 0.25) is 0 Å². The minimum atomic E-state index is 0.638. The fraction of sp³-hybridized carbons (Fsp3) is 0.156. The average Bonchev–Trinajstić information content (AvgIpc) is 3.34. The highest BCUT2D eigenvalue weighted by Gasteiger charge is 2.04. The van der Waals surface area contributed by atoms with E-state index in [0.29, 0.717) is 6.54 Å². The van der Waals surface area contributed by atoms with Crippen LogP contribution in [0.25, 0.3) is 10.9 Å². The SMILES string of the molecule is C=CCc1cccc2nc(NCc3ccc(C)o3)ccc12.c1ccc(CSCc2ccccc2)cc1. The number of rotatable bonds is 9. The molecule has 5 rings (SSSR count). The number of hydrogen-bond acceptors (Lipinski definition) is 4. The van der Waals surface area contributed by atoms with E-state index in [1.807, 2.05) is 55.1 Å². The van der Waals surface area contributed by atoms with Crippen molar-refractivity contribution in [2.75, 3.05) is 5.32 Å². The van der Waals surface area contributed by atoms with Crippen molar-refractivity contribution in [3.8, 4) is 0 Å². The number of anilines is 1. The summed E-state index contributed by atoms with van der Waals surface area (Å²) in [5, 5.41) is 4.47. The van der Waals surface area contributed by atoms with Crippen molar-refractivity contribution in [3.63, 3.8) is 0 Å². The Balaban J connectivity index is 0.000000179. The number of fused-ring (bicyclic) bond motifs is 1. The lowest BCUT2D eigenvalue weighted by Gasteiger charge is -2.07. The van der Waals surface area contributed by atoms with Gasteiger partial charge < -0.3 is 9.73 Å². The molecule has 0 amide bonds. The summed E-state index contributed by atoms with van der Waals surface area (Å²) in [4.78, 5) is 4.65. The fourth-order valence-electron chi connectivity index (χ4n) is 3.84. The highest BCUT2D eigenvalue weighted by atomic mass is 32.2. The van der Waals surface area contributed by atoms with Crippen LogP contribution in [0.1, 0.15) is 28.2 Å². The van der Waals surface area contributed by atoms with Crippen LogP contribution in [0.5, 0.6) is 0 Å². The van der Waals surface area contributed by atoms with Crippen molar-refractivity contribution in [1.29, 1.82) is 0 Å². The molecule has 5 aromatic rings. The van der Waals surface area contributed by atoms with Crippen molar-refractivity contribution in [2.24, 2.45) is 0 Å². The summed E-state index contributed by atoms with van der Waals surface area (Å²) in [6, 6.07) is 35.5. The first-order valence-corrected chi connectivity index (χ1v) is 13.3. The number of nitrogens with zero attached hydrogens (tertiary/aromatic N) is 1. The molecule has 1 N–H and O–H groups in total. The van der Waals surface area contributed by atoms with Crippen molar-refractivity contribution in [1.82, 2.24) is 4.98 Å². The highest BCUT2D eigenvalue weighted by Crippen LogP contribution is 2.21. The van der Waals surface area contributed by atoms with Crippen LogP contribution in [-0.2, 0) is 24.5 Å². The number of nitrogens with one attached hydrogen (secondary N) is 1. The molecular formula is C32H32N2OS.